The maximum absolute atomic E-state index is 12.9. The van der Waals surface area contributed by atoms with E-state index in [9.17, 15) is 14.5 Å². The van der Waals surface area contributed by atoms with Crippen molar-refractivity contribution in [2.45, 2.75) is 51.9 Å². The highest BCUT2D eigenvalue weighted by molar-refractivity contribution is 7.70. The molecule has 3 heterocycles. The first kappa shape index (κ1) is 35.7. The van der Waals surface area contributed by atoms with Crippen molar-refractivity contribution in [3.63, 3.8) is 0 Å². The van der Waals surface area contributed by atoms with Gasteiger partial charge in [-0.2, -0.15) is 4.98 Å². The SMILES string of the molecule is COc1cc(N2CCC(N3CCN(C(=O)OC(C)(C)C)CC3)CC2)c(CO)cc1Nc1ncc(Cl)c(Nc2ccccc2P(C)(C)=O)n1. The molecule has 14 heteroatoms. The summed E-state index contributed by atoms with van der Waals surface area (Å²) in [5.74, 6) is 1.22. The van der Waals surface area contributed by atoms with Gasteiger partial charge in [0.25, 0.3) is 0 Å². The summed E-state index contributed by atoms with van der Waals surface area (Å²) in [5.41, 5.74) is 2.44. The molecule has 2 aromatic carbocycles. The molecule has 260 valence electrons. The van der Waals surface area contributed by atoms with Crippen LogP contribution >= 0.6 is 18.7 Å². The number of para-hydroxylation sites is 1. The summed E-state index contributed by atoms with van der Waals surface area (Å²) in [6.07, 6.45) is 3.20. The molecule has 0 radical (unpaired) electrons. The molecule has 2 aliphatic heterocycles. The maximum Gasteiger partial charge on any atom is 0.410 e. The third kappa shape index (κ3) is 8.71. The topological polar surface area (TPSA) is 132 Å². The van der Waals surface area contributed by atoms with Crippen molar-refractivity contribution < 1.29 is 23.9 Å². The van der Waals surface area contributed by atoms with Crippen molar-refractivity contribution in [2.75, 3.05) is 75.2 Å². The zero-order chi connectivity index (χ0) is 34.6. The minimum Gasteiger partial charge on any atom is -0.494 e. The fraction of sp³-hybridized carbons (Fsp3) is 0.500. The molecule has 12 nitrogen and oxygen atoms in total. The van der Waals surface area contributed by atoms with E-state index in [1.807, 2.05) is 57.2 Å². The number of aromatic nitrogens is 2. The van der Waals surface area contributed by atoms with Gasteiger partial charge in [0.1, 0.15) is 23.5 Å². The van der Waals surface area contributed by atoms with Crippen LogP contribution < -0.4 is 25.6 Å². The van der Waals surface area contributed by atoms with Crippen molar-refractivity contribution in [2.24, 2.45) is 0 Å². The first-order valence-electron chi connectivity index (χ1n) is 16.3. The number of ether oxygens (including phenoxy) is 2. The Bertz CT molecular complexity index is 1650. The van der Waals surface area contributed by atoms with Crippen molar-refractivity contribution in [1.82, 2.24) is 19.8 Å². The number of amides is 1. The number of aliphatic hydroxyl groups is 1. The fourth-order valence-electron chi connectivity index (χ4n) is 6.18. The minimum atomic E-state index is -2.56. The first-order chi connectivity index (χ1) is 22.8. The molecular weight excluding hydrogens is 653 g/mol. The second-order valence-electron chi connectivity index (χ2n) is 13.6. The van der Waals surface area contributed by atoms with Crippen LogP contribution in [-0.4, -0.2) is 102 Å². The van der Waals surface area contributed by atoms with Crippen molar-refractivity contribution >= 4 is 59.0 Å². The molecule has 0 saturated carbocycles. The number of methoxy groups -OCH3 is 1. The van der Waals surface area contributed by atoms with Crippen LogP contribution in [0.25, 0.3) is 0 Å². The Labute approximate surface area is 288 Å². The van der Waals surface area contributed by atoms with Gasteiger partial charge >= 0.3 is 6.09 Å². The number of carbonyl (C=O) groups excluding carboxylic acids is 1. The molecule has 0 spiro atoms. The van der Waals surface area contributed by atoms with Gasteiger partial charge < -0.3 is 39.6 Å². The van der Waals surface area contributed by atoms with E-state index in [4.69, 9.17) is 21.1 Å². The second kappa shape index (κ2) is 14.9. The normalized spacial score (nSPS) is 16.5. The predicted octanol–water partition coefficient (Wildman–Crippen LogP) is 5.89. The van der Waals surface area contributed by atoms with Crippen LogP contribution in [0.3, 0.4) is 0 Å². The predicted molar refractivity (Wildman–Crippen MR) is 193 cm³/mol. The molecule has 0 bridgehead atoms. The summed E-state index contributed by atoms with van der Waals surface area (Å²) < 4.78 is 24.2. The Morgan fingerprint density at radius 2 is 1.73 bits per heavy atom. The Balaban J connectivity index is 1.25. The number of benzene rings is 2. The first-order valence-corrected chi connectivity index (χ1v) is 19.2. The van der Waals surface area contributed by atoms with Crippen LogP contribution in [0.5, 0.6) is 5.75 Å². The van der Waals surface area contributed by atoms with E-state index < -0.39 is 12.7 Å². The molecule has 1 amide bonds. The minimum absolute atomic E-state index is 0.153. The number of carbonyl (C=O) groups is 1. The van der Waals surface area contributed by atoms with Crippen LogP contribution in [0.2, 0.25) is 5.02 Å². The molecule has 1 aromatic heterocycles. The number of anilines is 5. The number of aliphatic hydroxyl groups excluding tert-OH is 1. The third-order valence-corrected chi connectivity index (χ3v) is 10.4. The molecule has 3 aromatic rings. The average molecular weight is 700 g/mol. The number of hydrogen-bond acceptors (Lipinski definition) is 11. The van der Waals surface area contributed by atoms with Gasteiger partial charge in [-0.1, -0.05) is 23.7 Å². The molecule has 0 atom stereocenters. The van der Waals surface area contributed by atoms with Crippen LogP contribution in [0, 0.1) is 0 Å². The summed E-state index contributed by atoms with van der Waals surface area (Å²) in [5, 5.41) is 17.9. The van der Waals surface area contributed by atoms with Gasteiger partial charge in [0, 0.05) is 67.9 Å². The van der Waals surface area contributed by atoms with Crippen molar-refractivity contribution in [1.29, 1.82) is 0 Å². The van der Waals surface area contributed by atoms with Gasteiger partial charge in [-0.25, -0.2) is 9.78 Å². The van der Waals surface area contributed by atoms with E-state index in [-0.39, 0.29) is 18.6 Å². The number of halogens is 1. The summed E-state index contributed by atoms with van der Waals surface area (Å²) in [4.78, 5) is 28.0. The van der Waals surface area contributed by atoms with E-state index in [2.05, 4.69) is 30.4 Å². The lowest BCUT2D eigenvalue weighted by atomic mass is 10.00. The quantitative estimate of drug-likeness (QED) is 0.231. The van der Waals surface area contributed by atoms with Crippen LogP contribution in [0.4, 0.5) is 33.6 Å². The largest absolute Gasteiger partial charge is 0.494 e. The molecule has 2 aliphatic rings. The molecule has 0 unspecified atom stereocenters. The average Bonchev–Trinajstić information content (AvgIpc) is 3.05. The highest BCUT2D eigenvalue weighted by Crippen LogP contribution is 2.39. The fourth-order valence-corrected chi connectivity index (χ4v) is 7.48. The summed E-state index contributed by atoms with van der Waals surface area (Å²) in [6.45, 7) is 13.6. The van der Waals surface area contributed by atoms with E-state index in [0.29, 0.717) is 52.4 Å². The maximum atomic E-state index is 12.9. The molecule has 0 aliphatic carbocycles. The Morgan fingerprint density at radius 3 is 2.35 bits per heavy atom. The van der Waals surface area contributed by atoms with E-state index in [1.165, 1.54) is 6.20 Å². The molecule has 2 fully saturated rings. The molecule has 48 heavy (non-hydrogen) atoms. The Hall–Kier alpha value is -3.57. The molecule has 2 saturated heterocycles. The summed E-state index contributed by atoms with van der Waals surface area (Å²) in [6, 6.07) is 11.6. The summed E-state index contributed by atoms with van der Waals surface area (Å²) >= 11 is 6.46. The second-order valence-corrected chi connectivity index (χ2v) is 17.2. The number of hydrogen-bond donors (Lipinski definition) is 3. The number of nitrogens with zero attached hydrogens (tertiary/aromatic N) is 5. The number of piperazine rings is 1. The van der Waals surface area contributed by atoms with Crippen LogP contribution in [0.15, 0.2) is 42.6 Å². The molecular formula is C34H47ClN7O5P. The third-order valence-electron chi connectivity index (χ3n) is 8.59. The van der Waals surface area contributed by atoms with Gasteiger partial charge in [0.2, 0.25) is 5.95 Å². The van der Waals surface area contributed by atoms with E-state index in [0.717, 1.165) is 50.3 Å². The van der Waals surface area contributed by atoms with Gasteiger partial charge in [0.05, 0.1) is 31.3 Å². The number of piperidine rings is 1. The van der Waals surface area contributed by atoms with Gasteiger partial charge in [0.15, 0.2) is 5.82 Å². The molecule has 3 N–H and O–H groups in total. The van der Waals surface area contributed by atoms with Crippen LogP contribution in [-0.2, 0) is 15.9 Å². The zero-order valence-corrected chi connectivity index (χ0v) is 30.3. The standard InChI is InChI=1S/C34H47ClN7O5P/c1-34(2,3)47-33(44)42-17-15-40(16-18-42)24-11-13-41(14-12-24)28-20-29(46-4)27(19-23(28)22-43)38-32-36-21-25(35)31(39-32)37-26-9-7-8-10-30(26)48(5,6)45/h7-10,19-21,24,43H,11-18,22H2,1-6H3,(H2,36,37,38,39). The lowest BCUT2D eigenvalue weighted by Crippen LogP contribution is -2.55. The van der Waals surface area contributed by atoms with E-state index >= 15 is 0 Å². The number of rotatable bonds is 9. The Kier molecular flexibility index (Phi) is 11.1. The van der Waals surface area contributed by atoms with E-state index in [1.54, 1.807) is 25.3 Å². The smallest absolute Gasteiger partial charge is 0.410 e. The number of nitrogens with one attached hydrogen (secondary N) is 2. The molecule has 5 rings (SSSR count). The van der Waals surface area contributed by atoms with Crippen molar-refractivity contribution in [3.05, 3.63) is 53.2 Å². The highest BCUT2D eigenvalue weighted by atomic mass is 35.5. The van der Waals surface area contributed by atoms with Gasteiger partial charge in [-0.15, -0.1) is 0 Å². The summed E-state index contributed by atoms with van der Waals surface area (Å²) in [7, 11) is -0.958. The van der Waals surface area contributed by atoms with Crippen LogP contribution in [0.1, 0.15) is 39.2 Å². The lowest BCUT2D eigenvalue weighted by Gasteiger charge is -2.43. The highest BCUT2D eigenvalue weighted by Gasteiger charge is 2.31. The van der Waals surface area contributed by atoms with Gasteiger partial charge in [-0.3, -0.25) is 4.90 Å². The van der Waals surface area contributed by atoms with Crippen molar-refractivity contribution in [3.8, 4) is 5.75 Å². The lowest BCUT2D eigenvalue weighted by molar-refractivity contribution is 0.00901. The Morgan fingerprint density at radius 1 is 1.04 bits per heavy atom. The monoisotopic (exact) mass is 699 g/mol. The van der Waals surface area contributed by atoms with Gasteiger partial charge in [-0.05, 0) is 65.1 Å². The zero-order valence-electron chi connectivity index (χ0n) is 28.6.